The van der Waals surface area contributed by atoms with Gasteiger partial charge in [0.25, 0.3) is 0 Å². The molecule has 3 N–H and O–H groups in total. The van der Waals surface area contributed by atoms with Crippen LogP contribution in [0.4, 0.5) is 11.4 Å². The summed E-state index contributed by atoms with van der Waals surface area (Å²) in [4.78, 5) is 22.4. The molecule has 7 nitrogen and oxygen atoms in total. The number of carbonyl (C=O) groups is 2. The molecule has 0 heterocycles. The highest BCUT2D eigenvalue weighted by Crippen LogP contribution is 2.10. The first-order chi connectivity index (χ1) is 8.82. The maximum atomic E-state index is 11.5. The zero-order chi connectivity index (χ0) is 14.5. The molecule has 0 spiro atoms. The van der Waals surface area contributed by atoms with Crippen molar-refractivity contribution in [1.29, 1.82) is 0 Å². The van der Waals surface area contributed by atoms with E-state index in [9.17, 15) is 18.0 Å². The number of methoxy groups -OCH3 is 1. The molecule has 19 heavy (non-hydrogen) atoms. The molecule has 0 bridgehead atoms. The molecule has 0 aromatic heterocycles. The summed E-state index contributed by atoms with van der Waals surface area (Å²) in [5.74, 6) is -3.24. The standard InChI is InChI=1S/C11H14N2O5S/c1-18-11(15)7-19(16,17)6-10(14)13-9-4-2-8(12)3-5-9/h2-5H,6-7,12H2,1H3,(H,13,14). The minimum absolute atomic E-state index is 0.424. The van der Waals surface area contributed by atoms with Crippen LogP contribution in [-0.4, -0.2) is 38.9 Å². The van der Waals surface area contributed by atoms with Gasteiger partial charge in [-0.1, -0.05) is 0 Å². The summed E-state index contributed by atoms with van der Waals surface area (Å²) in [7, 11) is -2.76. The second kappa shape index (κ2) is 6.19. The quantitative estimate of drug-likeness (QED) is 0.572. The average Bonchev–Trinajstić information content (AvgIpc) is 2.30. The lowest BCUT2D eigenvalue weighted by molar-refractivity contribution is -0.137. The number of rotatable bonds is 5. The SMILES string of the molecule is COC(=O)CS(=O)(=O)CC(=O)Nc1ccc(N)cc1. The Bertz CT molecular complexity index is 565. The zero-order valence-electron chi connectivity index (χ0n) is 10.3. The number of nitrogen functional groups attached to an aromatic ring is 1. The predicted molar refractivity (Wildman–Crippen MR) is 70.2 cm³/mol. The molecule has 0 aliphatic heterocycles. The van der Waals surface area contributed by atoms with Crippen molar-refractivity contribution in [3.05, 3.63) is 24.3 Å². The molecule has 0 aliphatic carbocycles. The Balaban J connectivity index is 2.60. The van der Waals surface area contributed by atoms with Crippen molar-refractivity contribution in [2.24, 2.45) is 0 Å². The molecule has 1 rings (SSSR count). The highest BCUT2D eigenvalue weighted by molar-refractivity contribution is 7.92. The van der Waals surface area contributed by atoms with Gasteiger partial charge in [-0.05, 0) is 24.3 Å². The smallest absolute Gasteiger partial charge is 0.320 e. The Morgan fingerprint density at radius 2 is 1.79 bits per heavy atom. The van der Waals surface area contributed by atoms with E-state index in [1.54, 1.807) is 24.3 Å². The van der Waals surface area contributed by atoms with E-state index in [2.05, 4.69) is 10.1 Å². The molecule has 0 atom stereocenters. The number of esters is 1. The number of hydrogen-bond donors (Lipinski definition) is 2. The molecule has 1 amide bonds. The van der Waals surface area contributed by atoms with Gasteiger partial charge in [0.15, 0.2) is 9.84 Å². The third-order valence-corrected chi connectivity index (χ3v) is 3.49. The predicted octanol–water partition coefficient (Wildman–Crippen LogP) is -0.205. The van der Waals surface area contributed by atoms with E-state index < -0.39 is 33.2 Å². The fourth-order valence-corrected chi connectivity index (χ4v) is 2.30. The lowest BCUT2D eigenvalue weighted by atomic mass is 10.3. The second-order valence-electron chi connectivity index (χ2n) is 3.78. The van der Waals surface area contributed by atoms with Gasteiger partial charge in [-0.25, -0.2) is 8.42 Å². The molecule has 0 saturated heterocycles. The maximum Gasteiger partial charge on any atom is 0.320 e. The van der Waals surface area contributed by atoms with Gasteiger partial charge in [0.2, 0.25) is 5.91 Å². The van der Waals surface area contributed by atoms with Crippen LogP contribution in [0.15, 0.2) is 24.3 Å². The number of benzene rings is 1. The van der Waals surface area contributed by atoms with Crippen molar-refractivity contribution in [3.8, 4) is 0 Å². The van der Waals surface area contributed by atoms with Crippen LogP contribution < -0.4 is 11.1 Å². The van der Waals surface area contributed by atoms with Gasteiger partial charge in [0.05, 0.1) is 7.11 Å². The van der Waals surface area contributed by atoms with Gasteiger partial charge < -0.3 is 15.8 Å². The first kappa shape index (κ1) is 15.0. The zero-order valence-corrected chi connectivity index (χ0v) is 11.1. The van der Waals surface area contributed by atoms with E-state index in [1.165, 1.54) is 0 Å². The summed E-state index contributed by atoms with van der Waals surface area (Å²) in [5.41, 5.74) is 6.42. The topological polar surface area (TPSA) is 116 Å². The number of carbonyl (C=O) groups excluding carboxylic acids is 2. The minimum Gasteiger partial charge on any atom is -0.468 e. The summed E-state index contributed by atoms with van der Waals surface area (Å²) in [6.07, 6.45) is 0. The van der Waals surface area contributed by atoms with Crippen LogP contribution in [0.5, 0.6) is 0 Å². The molecule has 104 valence electrons. The Hall–Kier alpha value is -2.09. The van der Waals surface area contributed by atoms with E-state index >= 15 is 0 Å². The molecular formula is C11H14N2O5S. The highest BCUT2D eigenvalue weighted by Gasteiger charge is 2.21. The summed E-state index contributed by atoms with van der Waals surface area (Å²) in [6.45, 7) is 0. The van der Waals surface area contributed by atoms with Crippen molar-refractivity contribution < 1.29 is 22.7 Å². The van der Waals surface area contributed by atoms with Crippen molar-refractivity contribution in [3.63, 3.8) is 0 Å². The largest absolute Gasteiger partial charge is 0.468 e. The lowest BCUT2D eigenvalue weighted by Gasteiger charge is -2.06. The van der Waals surface area contributed by atoms with E-state index in [0.717, 1.165) is 7.11 Å². The third kappa shape index (κ3) is 5.38. The summed E-state index contributed by atoms with van der Waals surface area (Å²) in [6, 6.07) is 6.22. The van der Waals surface area contributed by atoms with Gasteiger partial charge >= 0.3 is 5.97 Å². The number of anilines is 2. The van der Waals surface area contributed by atoms with Crippen LogP contribution in [0.2, 0.25) is 0 Å². The number of hydrogen-bond acceptors (Lipinski definition) is 6. The first-order valence-electron chi connectivity index (χ1n) is 5.25. The van der Waals surface area contributed by atoms with Gasteiger partial charge in [0.1, 0.15) is 11.5 Å². The highest BCUT2D eigenvalue weighted by atomic mass is 32.2. The third-order valence-electron chi connectivity index (χ3n) is 2.11. The number of ether oxygens (including phenoxy) is 1. The monoisotopic (exact) mass is 286 g/mol. The van der Waals surface area contributed by atoms with Crippen LogP contribution in [0.25, 0.3) is 0 Å². The Kier molecular flexibility index (Phi) is 4.87. The van der Waals surface area contributed by atoms with E-state index in [4.69, 9.17) is 5.73 Å². The molecule has 8 heteroatoms. The molecule has 1 aromatic carbocycles. The number of nitrogens with two attached hydrogens (primary N) is 1. The fraction of sp³-hybridized carbons (Fsp3) is 0.273. The van der Waals surface area contributed by atoms with E-state index in [1.807, 2.05) is 0 Å². The molecular weight excluding hydrogens is 272 g/mol. The second-order valence-corrected chi connectivity index (χ2v) is 5.84. The fourth-order valence-electron chi connectivity index (χ4n) is 1.25. The first-order valence-corrected chi connectivity index (χ1v) is 7.07. The van der Waals surface area contributed by atoms with Crippen LogP contribution in [0.1, 0.15) is 0 Å². The molecule has 0 aliphatic rings. The van der Waals surface area contributed by atoms with Crippen molar-refractivity contribution in [2.45, 2.75) is 0 Å². The number of nitrogens with one attached hydrogen (secondary N) is 1. The van der Waals surface area contributed by atoms with E-state index in [0.29, 0.717) is 11.4 Å². The number of amides is 1. The summed E-state index contributed by atoms with van der Waals surface area (Å²) >= 11 is 0. The summed E-state index contributed by atoms with van der Waals surface area (Å²) < 4.78 is 27.2. The Labute approximate surface area is 110 Å². The molecule has 0 fully saturated rings. The Morgan fingerprint density at radius 1 is 1.21 bits per heavy atom. The minimum atomic E-state index is -3.83. The van der Waals surface area contributed by atoms with E-state index in [-0.39, 0.29) is 0 Å². The van der Waals surface area contributed by atoms with Crippen molar-refractivity contribution >= 4 is 33.1 Å². The van der Waals surface area contributed by atoms with Crippen LogP contribution in [-0.2, 0) is 24.2 Å². The molecule has 1 aromatic rings. The normalized spacial score (nSPS) is 10.8. The van der Waals surface area contributed by atoms with Crippen LogP contribution >= 0.6 is 0 Å². The average molecular weight is 286 g/mol. The van der Waals surface area contributed by atoms with Gasteiger partial charge in [-0.2, -0.15) is 0 Å². The lowest BCUT2D eigenvalue weighted by Crippen LogP contribution is -2.28. The molecule has 0 saturated carbocycles. The van der Waals surface area contributed by atoms with Gasteiger partial charge in [-0.15, -0.1) is 0 Å². The van der Waals surface area contributed by atoms with Crippen LogP contribution in [0.3, 0.4) is 0 Å². The molecule has 0 radical (unpaired) electrons. The van der Waals surface area contributed by atoms with Crippen molar-refractivity contribution in [1.82, 2.24) is 0 Å². The van der Waals surface area contributed by atoms with Crippen LogP contribution in [0, 0.1) is 0 Å². The maximum absolute atomic E-state index is 11.5. The Morgan fingerprint density at radius 3 is 2.32 bits per heavy atom. The van der Waals surface area contributed by atoms with Crippen molar-refractivity contribution in [2.75, 3.05) is 29.7 Å². The molecule has 0 unspecified atom stereocenters. The van der Waals surface area contributed by atoms with Gasteiger partial charge in [0, 0.05) is 11.4 Å². The number of sulfone groups is 1. The van der Waals surface area contributed by atoms with Gasteiger partial charge in [-0.3, -0.25) is 9.59 Å². The summed E-state index contributed by atoms with van der Waals surface area (Å²) in [5, 5.41) is 2.39.